The van der Waals surface area contributed by atoms with Gasteiger partial charge in [0.25, 0.3) is 0 Å². The summed E-state index contributed by atoms with van der Waals surface area (Å²) < 4.78 is 5.20. The first kappa shape index (κ1) is 16.1. The van der Waals surface area contributed by atoms with Crippen LogP contribution in [0, 0.1) is 0 Å². The number of nitrogens with one attached hydrogen (secondary N) is 1. The maximum atomic E-state index is 12.5. The molecule has 5 heteroatoms. The fourth-order valence-corrected chi connectivity index (χ4v) is 2.82. The lowest BCUT2D eigenvalue weighted by Crippen LogP contribution is -2.41. The van der Waals surface area contributed by atoms with Crippen molar-refractivity contribution in [3.05, 3.63) is 54.1 Å². The second-order valence-electron chi connectivity index (χ2n) is 6.09. The van der Waals surface area contributed by atoms with Gasteiger partial charge in [0.1, 0.15) is 6.54 Å². The van der Waals surface area contributed by atoms with E-state index in [1.54, 1.807) is 17.0 Å². The number of hydrogen-bond acceptors (Lipinski definition) is 4. The van der Waals surface area contributed by atoms with E-state index in [-0.39, 0.29) is 25.0 Å². The van der Waals surface area contributed by atoms with E-state index in [0.29, 0.717) is 11.7 Å². The number of anilines is 2. The molecule has 2 aromatic carbocycles. The first-order valence-corrected chi connectivity index (χ1v) is 7.98. The fourth-order valence-electron chi connectivity index (χ4n) is 2.82. The standard InChI is InChI=1S/C19H20N2O3/c1-13(2)14-7-3-4-8-15(14)20-18(22)11-21-12-19(23)24-17-10-6-5-9-16(17)21/h3-10,13H,11-12H2,1-2H3,(H,20,22). The van der Waals surface area contributed by atoms with Crippen LogP contribution in [-0.2, 0) is 9.59 Å². The van der Waals surface area contributed by atoms with Gasteiger partial charge in [-0.1, -0.05) is 44.2 Å². The largest absolute Gasteiger partial charge is 0.423 e. The summed E-state index contributed by atoms with van der Waals surface area (Å²) >= 11 is 0. The second kappa shape index (κ2) is 6.74. The van der Waals surface area contributed by atoms with Crippen LogP contribution in [0.25, 0.3) is 0 Å². The summed E-state index contributed by atoms with van der Waals surface area (Å²) in [6.45, 7) is 4.33. The molecule has 0 saturated carbocycles. The summed E-state index contributed by atoms with van der Waals surface area (Å²) in [6.07, 6.45) is 0. The van der Waals surface area contributed by atoms with Crippen LogP contribution in [0.5, 0.6) is 5.75 Å². The number of carbonyl (C=O) groups is 2. The summed E-state index contributed by atoms with van der Waals surface area (Å²) in [5.41, 5.74) is 2.65. The van der Waals surface area contributed by atoms with Gasteiger partial charge in [0, 0.05) is 5.69 Å². The van der Waals surface area contributed by atoms with Gasteiger partial charge in [0.05, 0.1) is 12.2 Å². The van der Waals surface area contributed by atoms with E-state index in [4.69, 9.17) is 4.74 Å². The molecule has 24 heavy (non-hydrogen) atoms. The third kappa shape index (κ3) is 3.40. The Balaban J connectivity index is 1.75. The van der Waals surface area contributed by atoms with Crippen molar-refractivity contribution in [3.63, 3.8) is 0 Å². The van der Waals surface area contributed by atoms with Gasteiger partial charge in [-0.25, -0.2) is 4.79 Å². The molecule has 1 heterocycles. The quantitative estimate of drug-likeness (QED) is 0.693. The molecule has 0 spiro atoms. The van der Waals surface area contributed by atoms with Gasteiger partial charge >= 0.3 is 5.97 Å². The number of ether oxygens (including phenoxy) is 1. The molecule has 0 aliphatic carbocycles. The van der Waals surface area contributed by atoms with Crippen molar-refractivity contribution in [2.24, 2.45) is 0 Å². The molecular weight excluding hydrogens is 304 g/mol. The van der Waals surface area contributed by atoms with Crippen LogP contribution in [0.1, 0.15) is 25.3 Å². The van der Waals surface area contributed by atoms with Crippen LogP contribution in [0.2, 0.25) is 0 Å². The number of para-hydroxylation sites is 3. The van der Waals surface area contributed by atoms with Crippen molar-refractivity contribution >= 4 is 23.3 Å². The molecule has 3 rings (SSSR count). The number of carbonyl (C=O) groups excluding carboxylic acids is 2. The molecule has 0 fully saturated rings. The van der Waals surface area contributed by atoms with Crippen LogP contribution in [0.4, 0.5) is 11.4 Å². The Bertz CT molecular complexity index is 771. The number of rotatable bonds is 4. The van der Waals surface area contributed by atoms with Crippen LogP contribution in [-0.4, -0.2) is 25.0 Å². The lowest BCUT2D eigenvalue weighted by atomic mass is 10.0. The second-order valence-corrected chi connectivity index (χ2v) is 6.09. The number of esters is 1. The normalized spacial score (nSPS) is 13.5. The van der Waals surface area contributed by atoms with Gasteiger partial charge in [-0.05, 0) is 29.7 Å². The predicted molar refractivity (Wildman–Crippen MR) is 93.5 cm³/mol. The van der Waals surface area contributed by atoms with E-state index in [1.165, 1.54) is 0 Å². The Morgan fingerprint density at radius 2 is 1.88 bits per heavy atom. The minimum Gasteiger partial charge on any atom is -0.423 e. The lowest BCUT2D eigenvalue weighted by molar-refractivity contribution is -0.133. The molecule has 1 aliphatic rings. The van der Waals surface area contributed by atoms with Gasteiger partial charge in [0.2, 0.25) is 5.91 Å². The van der Waals surface area contributed by atoms with Crippen molar-refractivity contribution in [2.45, 2.75) is 19.8 Å². The molecule has 1 amide bonds. The number of hydrogen-bond donors (Lipinski definition) is 1. The van der Waals surface area contributed by atoms with Gasteiger partial charge in [-0.3, -0.25) is 4.79 Å². The van der Waals surface area contributed by atoms with Gasteiger partial charge in [0.15, 0.2) is 5.75 Å². The maximum absolute atomic E-state index is 12.5. The van der Waals surface area contributed by atoms with E-state index >= 15 is 0 Å². The Labute approximate surface area is 141 Å². The lowest BCUT2D eigenvalue weighted by Gasteiger charge is -2.29. The number of benzene rings is 2. The first-order chi connectivity index (χ1) is 11.5. The zero-order valence-corrected chi connectivity index (χ0v) is 13.8. The first-order valence-electron chi connectivity index (χ1n) is 7.98. The average Bonchev–Trinajstić information content (AvgIpc) is 2.55. The monoisotopic (exact) mass is 324 g/mol. The third-order valence-corrected chi connectivity index (χ3v) is 3.94. The fraction of sp³-hybridized carbons (Fsp3) is 0.263. The van der Waals surface area contributed by atoms with E-state index < -0.39 is 0 Å². The van der Waals surface area contributed by atoms with Crippen LogP contribution < -0.4 is 15.0 Å². The summed E-state index contributed by atoms with van der Waals surface area (Å²) in [6, 6.07) is 15.0. The highest BCUT2D eigenvalue weighted by atomic mass is 16.5. The van der Waals surface area contributed by atoms with E-state index in [1.807, 2.05) is 36.4 Å². The van der Waals surface area contributed by atoms with Crippen LogP contribution in [0.15, 0.2) is 48.5 Å². The van der Waals surface area contributed by atoms with Gasteiger partial charge in [-0.15, -0.1) is 0 Å². The molecule has 124 valence electrons. The number of nitrogens with zero attached hydrogens (tertiary/aromatic N) is 1. The summed E-state index contributed by atoms with van der Waals surface area (Å²) in [4.78, 5) is 25.9. The average molecular weight is 324 g/mol. The minimum atomic E-state index is -0.357. The summed E-state index contributed by atoms with van der Waals surface area (Å²) in [5, 5.41) is 2.95. The Hall–Kier alpha value is -2.82. The smallest absolute Gasteiger partial charge is 0.331 e. The van der Waals surface area contributed by atoms with Crippen molar-refractivity contribution < 1.29 is 14.3 Å². The van der Waals surface area contributed by atoms with E-state index in [2.05, 4.69) is 19.2 Å². The predicted octanol–water partition coefficient (Wildman–Crippen LogP) is 3.17. The summed E-state index contributed by atoms with van der Waals surface area (Å²) in [7, 11) is 0. The van der Waals surface area contributed by atoms with Crippen LogP contribution >= 0.6 is 0 Å². The highest BCUT2D eigenvalue weighted by Crippen LogP contribution is 2.31. The molecule has 0 aromatic heterocycles. The minimum absolute atomic E-state index is 0.0657. The molecular formula is C19H20N2O3. The van der Waals surface area contributed by atoms with Crippen molar-refractivity contribution in [3.8, 4) is 5.75 Å². The molecule has 0 radical (unpaired) electrons. The number of amides is 1. The van der Waals surface area contributed by atoms with E-state index in [0.717, 1.165) is 16.9 Å². The highest BCUT2D eigenvalue weighted by Gasteiger charge is 2.25. The summed E-state index contributed by atoms with van der Waals surface area (Å²) in [5.74, 6) is 0.285. The number of fused-ring (bicyclic) bond motifs is 1. The SMILES string of the molecule is CC(C)c1ccccc1NC(=O)CN1CC(=O)Oc2ccccc21. The zero-order valence-electron chi connectivity index (χ0n) is 13.8. The molecule has 0 saturated heterocycles. The molecule has 1 N–H and O–H groups in total. The molecule has 2 aromatic rings. The topological polar surface area (TPSA) is 58.6 Å². The highest BCUT2D eigenvalue weighted by molar-refractivity contribution is 5.96. The maximum Gasteiger partial charge on any atom is 0.331 e. The van der Waals surface area contributed by atoms with Crippen LogP contribution in [0.3, 0.4) is 0 Å². The van der Waals surface area contributed by atoms with Gasteiger partial charge in [-0.2, -0.15) is 0 Å². The van der Waals surface area contributed by atoms with E-state index in [9.17, 15) is 9.59 Å². The Morgan fingerprint density at radius 1 is 1.17 bits per heavy atom. The molecule has 1 aliphatic heterocycles. The Morgan fingerprint density at radius 3 is 2.67 bits per heavy atom. The molecule has 5 nitrogen and oxygen atoms in total. The molecule has 0 bridgehead atoms. The molecule has 0 atom stereocenters. The third-order valence-electron chi connectivity index (χ3n) is 3.94. The zero-order chi connectivity index (χ0) is 17.1. The van der Waals surface area contributed by atoms with Gasteiger partial charge < -0.3 is 15.0 Å². The van der Waals surface area contributed by atoms with Crippen molar-refractivity contribution in [1.82, 2.24) is 0 Å². The Kier molecular flexibility index (Phi) is 4.51. The van der Waals surface area contributed by atoms with Crippen molar-refractivity contribution in [1.29, 1.82) is 0 Å². The molecule has 0 unspecified atom stereocenters. The van der Waals surface area contributed by atoms with Crippen molar-refractivity contribution in [2.75, 3.05) is 23.3 Å².